The molecule has 0 N–H and O–H groups in total. The van der Waals surface area contributed by atoms with E-state index in [1.165, 1.54) is 5.56 Å². The molecule has 0 saturated carbocycles. The van der Waals surface area contributed by atoms with E-state index in [0.717, 1.165) is 12.1 Å². The molecule has 0 unspecified atom stereocenters. The number of rotatable bonds is 4. The van der Waals surface area contributed by atoms with Gasteiger partial charge in [-0.3, -0.25) is 9.59 Å². The van der Waals surface area contributed by atoms with Crippen LogP contribution in [0.15, 0.2) is 67.0 Å². The van der Waals surface area contributed by atoms with Gasteiger partial charge in [0, 0.05) is 37.9 Å². The molecule has 0 spiro atoms. The minimum Gasteiger partial charge on any atom is -0.335 e. The molecule has 1 aliphatic heterocycles. The van der Waals surface area contributed by atoms with Crippen LogP contribution in [0, 0.1) is 0 Å². The van der Waals surface area contributed by atoms with Crippen LogP contribution in [0.5, 0.6) is 0 Å². The monoisotopic (exact) mass is 388 g/mol. The summed E-state index contributed by atoms with van der Waals surface area (Å²) in [6.45, 7) is 4.21. The molecule has 4 rings (SSSR count). The molecular formula is C23H24N4O2. The predicted molar refractivity (Wildman–Crippen MR) is 111 cm³/mol. The molecule has 29 heavy (non-hydrogen) atoms. The Labute approximate surface area is 170 Å². The molecular weight excluding hydrogens is 364 g/mol. The Balaban J connectivity index is 1.37. The average molecular weight is 388 g/mol. The average Bonchev–Trinajstić information content (AvgIpc) is 3.29. The van der Waals surface area contributed by atoms with Gasteiger partial charge in [-0.05, 0) is 36.2 Å². The lowest BCUT2D eigenvalue weighted by molar-refractivity contribution is 0.0535. The van der Waals surface area contributed by atoms with Crippen molar-refractivity contribution in [2.45, 2.75) is 13.3 Å². The van der Waals surface area contributed by atoms with Crippen LogP contribution in [0.25, 0.3) is 5.69 Å². The van der Waals surface area contributed by atoms with Crippen molar-refractivity contribution in [1.29, 1.82) is 0 Å². The third-order valence-electron chi connectivity index (χ3n) is 5.31. The first-order valence-electron chi connectivity index (χ1n) is 9.93. The molecule has 3 aromatic rings. The lowest BCUT2D eigenvalue weighted by Gasteiger charge is -2.34. The summed E-state index contributed by atoms with van der Waals surface area (Å²) in [6.07, 6.45) is 4.31. The van der Waals surface area contributed by atoms with Gasteiger partial charge in [-0.2, -0.15) is 5.10 Å². The standard InChI is InChI=1S/C23H24N4O2/c1-2-18-8-10-19(11-9-18)22(28)25-12-14-26(15-13-25)23(29)20-16-24-27(17-20)21-6-4-3-5-7-21/h3-11,16-17H,2,12-15H2,1H3. The van der Waals surface area contributed by atoms with E-state index in [2.05, 4.69) is 12.0 Å². The number of amides is 2. The molecule has 2 heterocycles. The summed E-state index contributed by atoms with van der Waals surface area (Å²) in [5.74, 6) is -0.0248. The molecule has 2 aromatic carbocycles. The Morgan fingerprint density at radius 2 is 1.41 bits per heavy atom. The minimum absolute atomic E-state index is 0.0247. The maximum atomic E-state index is 12.8. The zero-order chi connectivity index (χ0) is 20.2. The number of aromatic nitrogens is 2. The van der Waals surface area contributed by atoms with Crippen LogP contribution in [0.3, 0.4) is 0 Å². The zero-order valence-electron chi connectivity index (χ0n) is 16.5. The second kappa shape index (κ2) is 8.31. The van der Waals surface area contributed by atoms with Gasteiger partial charge in [-0.15, -0.1) is 0 Å². The van der Waals surface area contributed by atoms with Crippen molar-refractivity contribution in [3.8, 4) is 5.69 Å². The van der Waals surface area contributed by atoms with Gasteiger partial charge < -0.3 is 9.80 Å². The van der Waals surface area contributed by atoms with E-state index >= 15 is 0 Å². The van der Waals surface area contributed by atoms with Gasteiger partial charge in [0.1, 0.15) is 0 Å². The van der Waals surface area contributed by atoms with E-state index in [1.54, 1.807) is 22.0 Å². The fourth-order valence-electron chi connectivity index (χ4n) is 3.52. The third kappa shape index (κ3) is 4.06. The highest BCUT2D eigenvalue weighted by Crippen LogP contribution is 2.14. The van der Waals surface area contributed by atoms with E-state index in [0.29, 0.717) is 37.3 Å². The first-order valence-corrected chi connectivity index (χ1v) is 9.93. The van der Waals surface area contributed by atoms with Gasteiger partial charge in [-0.1, -0.05) is 37.3 Å². The molecule has 1 saturated heterocycles. The van der Waals surface area contributed by atoms with Gasteiger partial charge in [0.05, 0.1) is 17.4 Å². The minimum atomic E-state index is -0.0495. The predicted octanol–water partition coefficient (Wildman–Crippen LogP) is 3.03. The van der Waals surface area contributed by atoms with Crippen LogP contribution in [0.4, 0.5) is 0 Å². The molecule has 6 heteroatoms. The van der Waals surface area contributed by atoms with Crippen molar-refractivity contribution in [2.75, 3.05) is 26.2 Å². The van der Waals surface area contributed by atoms with E-state index in [-0.39, 0.29) is 11.8 Å². The van der Waals surface area contributed by atoms with Gasteiger partial charge in [-0.25, -0.2) is 4.68 Å². The van der Waals surface area contributed by atoms with Gasteiger partial charge in [0.25, 0.3) is 11.8 Å². The number of piperazine rings is 1. The molecule has 1 aromatic heterocycles. The fraction of sp³-hybridized carbons (Fsp3) is 0.261. The number of hydrogen-bond acceptors (Lipinski definition) is 3. The van der Waals surface area contributed by atoms with Gasteiger partial charge in [0.15, 0.2) is 0 Å². The first-order chi connectivity index (χ1) is 14.2. The summed E-state index contributed by atoms with van der Waals surface area (Å²) in [5, 5.41) is 4.30. The Kier molecular flexibility index (Phi) is 5.42. The maximum absolute atomic E-state index is 12.8. The Morgan fingerprint density at radius 1 is 0.828 bits per heavy atom. The van der Waals surface area contributed by atoms with E-state index in [4.69, 9.17) is 0 Å². The summed E-state index contributed by atoms with van der Waals surface area (Å²) >= 11 is 0. The summed E-state index contributed by atoms with van der Waals surface area (Å²) in [6, 6.07) is 17.5. The topological polar surface area (TPSA) is 58.4 Å². The summed E-state index contributed by atoms with van der Waals surface area (Å²) in [5.41, 5.74) is 3.39. The lowest BCUT2D eigenvalue weighted by Crippen LogP contribution is -2.50. The van der Waals surface area contributed by atoms with Crippen molar-refractivity contribution >= 4 is 11.8 Å². The third-order valence-corrected chi connectivity index (χ3v) is 5.31. The van der Waals surface area contributed by atoms with Crippen LogP contribution < -0.4 is 0 Å². The van der Waals surface area contributed by atoms with Crippen molar-refractivity contribution in [1.82, 2.24) is 19.6 Å². The number of hydrogen-bond donors (Lipinski definition) is 0. The second-order valence-electron chi connectivity index (χ2n) is 7.14. The van der Waals surface area contributed by atoms with Gasteiger partial charge >= 0.3 is 0 Å². The summed E-state index contributed by atoms with van der Waals surface area (Å²) in [7, 11) is 0. The number of benzene rings is 2. The normalized spacial score (nSPS) is 14.1. The lowest BCUT2D eigenvalue weighted by atomic mass is 10.1. The van der Waals surface area contributed by atoms with E-state index in [1.807, 2.05) is 59.5 Å². The van der Waals surface area contributed by atoms with Crippen LogP contribution >= 0.6 is 0 Å². The number of aryl methyl sites for hydroxylation is 1. The fourth-order valence-corrected chi connectivity index (χ4v) is 3.52. The molecule has 1 fully saturated rings. The molecule has 0 atom stereocenters. The maximum Gasteiger partial charge on any atom is 0.257 e. The highest BCUT2D eigenvalue weighted by molar-refractivity contribution is 5.95. The van der Waals surface area contributed by atoms with Crippen molar-refractivity contribution in [2.24, 2.45) is 0 Å². The molecule has 2 amide bonds. The number of carbonyl (C=O) groups is 2. The van der Waals surface area contributed by atoms with Gasteiger partial charge in [0.2, 0.25) is 0 Å². The molecule has 148 valence electrons. The van der Waals surface area contributed by atoms with Crippen LogP contribution in [0.2, 0.25) is 0 Å². The Hall–Kier alpha value is -3.41. The molecule has 6 nitrogen and oxygen atoms in total. The smallest absolute Gasteiger partial charge is 0.257 e. The highest BCUT2D eigenvalue weighted by Gasteiger charge is 2.26. The Morgan fingerprint density at radius 3 is 2.00 bits per heavy atom. The first kappa shape index (κ1) is 18.9. The SMILES string of the molecule is CCc1ccc(C(=O)N2CCN(C(=O)c3cnn(-c4ccccc4)c3)CC2)cc1. The van der Waals surface area contributed by atoms with Crippen molar-refractivity contribution in [3.05, 3.63) is 83.7 Å². The highest BCUT2D eigenvalue weighted by atomic mass is 16.2. The number of carbonyl (C=O) groups excluding carboxylic acids is 2. The number of nitrogens with zero attached hydrogens (tertiary/aromatic N) is 4. The van der Waals surface area contributed by atoms with E-state index in [9.17, 15) is 9.59 Å². The zero-order valence-corrected chi connectivity index (χ0v) is 16.5. The van der Waals surface area contributed by atoms with Crippen molar-refractivity contribution < 1.29 is 9.59 Å². The largest absolute Gasteiger partial charge is 0.335 e. The summed E-state index contributed by atoms with van der Waals surface area (Å²) < 4.78 is 1.70. The van der Waals surface area contributed by atoms with E-state index < -0.39 is 0 Å². The Bertz CT molecular complexity index is 987. The molecule has 0 radical (unpaired) electrons. The van der Waals surface area contributed by atoms with Crippen molar-refractivity contribution in [3.63, 3.8) is 0 Å². The van der Waals surface area contributed by atoms with Crippen LogP contribution in [0.1, 0.15) is 33.2 Å². The van der Waals surface area contributed by atoms with Crippen LogP contribution in [-0.2, 0) is 6.42 Å². The molecule has 1 aliphatic rings. The second-order valence-corrected chi connectivity index (χ2v) is 7.14. The molecule has 0 aliphatic carbocycles. The number of para-hydroxylation sites is 1. The summed E-state index contributed by atoms with van der Waals surface area (Å²) in [4.78, 5) is 29.2. The van der Waals surface area contributed by atoms with Crippen LogP contribution in [-0.4, -0.2) is 57.6 Å². The molecule has 0 bridgehead atoms. The quantitative estimate of drug-likeness (QED) is 0.690.